The Morgan fingerprint density at radius 2 is 2.40 bits per heavy atom. The first-order chi connectivity index (χ1) is 7.26. The van der Waals surface area contributed by atoms with Crippen molar-refractivity contribution in [3.05, 3.63) is 28.2 Å². The van der Waals surface area contributed by atoms with Crippen LogP contribution in [0.5, 0.6) is 0 Å². The fraction of sp³-hybridized carbons (Fsp3) is 0.333. The third kappa shape index (κ3) is 1.90. The van der Waals surface area contributed by atoms with Crippen LogP contribution in [0.15, 0.2) is 12.4 Å². The van der Waals surface area contributed by atoms with E-state index >= 15 is 0 Å². The summed E-state index contributed by atoms with van der Waals surface area (Å²) in [5, 5.41) is 10.1. The summed E-state index contributed by atoms with van der Waals surface area (Å²) in [6, 6.07) is 0. The van der Waals surface area contributed by atoms with Crippen LogP contribution in [0.3, 0.4) is 0 Å². The molecule has 0 atom stereocenters. The highest BCUT2D eigenvalue weighted by Gasteiger charge is 2.11. The van der Waals surface area contributed by atoms with E-state index < -0.39 is 0 Å². The molecule has 0 bridgehead atoms. The van der Waals surface area contributed by atoms with Crippen molar-refractivity contribution in [2.75, 3.05) is 0 Å². The molecule has 6 heteroatoms. The summed E-state index contributed by atoms with van der Waals surface area (Å²) in [6.45, 7) is 1.95. The highest BCUT2D eigenvalue weighted by molar-refractivity contribution is 7.14. The van der Waals surface area contributed by atoms with E-state index in [1.54, 1.807) is 6.20 Å². The molecule has 0 fully saturated rings. The van der Waals surface area contributed by atoms with Crippen LogP contribution < -0.4 is 0 Å². The molecule has 0 aromatic carbocycles. The van der Waals surface area contributed by atoms with Gasteiger partial charge in [-0.25, -0.2) is 9.97 Å². The Balaban J connectivity index is 2.45. The minimum Gasteiger partial charge on any atom is -0.391 e. The predicted octanol–water partition coefficient (Wildman–Crippen LogP) is 2.04. The Kier molecular flexibility index (Phi) is 3.04. The first kappa shape index (κ1) is 10.6. The van der Waals surface area contributed by atoms with Gasteiger partial charge in [-0.2, -0.15) is 0 Å². The summed E-state index contributed by atoms with van der Waals surface area (Å²) in [4.78, 5) is 9.06. The Labute approximate surface area is 96.2 Å². The van der Waals surface area contributed by atoms with Crippen molar-refractivity contribution < 1.29 is 5.11 Å². The molecule has 15 heavy (non-hydrogen) atoms. The Bertz CT molecular complexity index is 466. The highest BCUT2D eigenvalue weighted by Crippen LogP contribution is 2.26. The summed E-state index contributed by atoms with van der Waals surface area (Å²) in [5.41, 5.74) is 0. The number of aryl methyl sites for hydroxylation is 1. The standard InChI is InChI=1S/C9H10ClN3OS/c1-2-7-11-3-4-13(7)9-12-8(10)6(5-14)15-9/h3-4,14H,2,5H2,1H3. The molecule has 0 amide bonds. The van der Waals surface area contributed by atoms with E-state index in [4.69, 9.17) is 16.7 Å². The van der Waals surface area contributed by atoms with Crippen molar-refractivity contribution in [3.8, 4) is 5.13 Å². The lowest BCUT2D eigenvalue weighted by Crippen LogP contribution is -1.97. The number of imidazole rings is 1. The van der Waals surface area contributed by atoms with Gasteiger partial charge in [0.05, 0.1) is 11.5 Å². The summed E-state index contributed by atoms with van der Waals surface area (Å²) in [5.74, 6) is 0.935. The van der Waals surface area contributed by atoms with E-state index in [1.165, 1.54) is 11.3 Å². The molecular formula is C9H10ClN3OS. The summed E-state index contributed by atoms with van der Waals surface area (Å²) in [6.07, 6.45) is 4.40. The molecule has 0 aliphatic carbocycles. The Hall–Kier alpha value is -0.910. The fourth-order valence-corrected chi connectivity index (χ4v) is 2.41. The maximum Gasteiger partial charge on any atom is 0.196 e. The van der Waals surface area contributed by atoms with Crippen LogP contribution in [0.4, 0.5) is 0 Å². The average Bonchev–Trinajstić information content (AvgIpc) is 2.82. The van der Waals surface area contributed by atoms with E-state index in [1.807, 2.05) is 17.7 Å². The number of thiazole rings is 1. The molecule has 1 N–H and O–H groups in total. The second-order valence-electron chi connectivity index (χ2n) is 2.94. The average molecular weight is 244 g/mol. The minimum absolute atomic E-state index is 0.0767. The van der Waals surface area contributed by atoms with Gasteiger partial charge in [0.25, 0.3) is 0 Å². The quantitative estimate of drug-likeness (QED) is 0.898. The summed E-state index contributed by atoms with van der Waals surface area (Å²) >= 11 is 7.24. The Morgan fingerprint density at radius 3 is 3.00 bits per heavy atom. The molecule has 0 unspecified atom stereocenters. The first-order valence-corrected chi connectivity index (χ1v) is 5.74. The number of aliphatic hydroxyl groups excluding tert-OH is 1. The molecule has 2 aromatic heterocycles. The molecule has 0 aliphatic rings. The van der Waals surface area contributed by atoms with Crippen molar-refractivity contribution in [1.82, 2.24) is 14.5 Å². The number of aliphatic hydroxyl groups is 1. The second kappa shape index (κ2) is 4.30. The van der Waals surface area contributed by atoms with Gasteiger partial charge in [0.15, 0.2) is 5.13 Å². The lowest BCUT2D eigenvalue weighted by Gasteiger charge is -1.99. The fourth-order valence-electron chi connectivity index (χ4n) is 1.29. The van der Waals surface area contributed by atoms with Crippen LogP contribution in [0.1, 0.15) is 17.6 Å². The number of hydrogen-bond acceptors (Lipinski definition) is 4. The van der Waals surface area contributed by atoms with Crippen molar-refractivity contribution >= 4 is 22.9 Å². The number of aromatic nitrogens is 3. The number of rotatable bonds is 3. The van der Waals surface area contributed by atoms with Crippen LogP contribution in [-0.2, 0) is 13.0 Å². The van der Waals surface area contributed by atoms with Gasteiger partial charge in [0.2, 0.25) is 0 Å². The van der Waals surface area contributed by atoms with Gasteiger partial charge in [0, 0.05) is 18.8 Å². The molecule has 2 aromatic rings. The van der Waals surface area contributed by atoms with Gasteiger partial charge in [-0.05, 0) is 0 Å². The van der Waals surface area contributed by atoms with Crippen molar-refractivity contribution in [2.45, 2.75) is 20.0 Å². The van der Waals surface area contributed by atoms with Gasteiger partial charge in [-0.3, -0.25) is 4.57 Å². The molecule has 0 saturated carbocycles. The third-order valence-corrected chi connectivity index (χ3v) is 3.49. The molecule has 2 heterocycles. The van der Waals surface area contributed by atoms with E-state index in [9.17, 15) is 0 Å². The highest BCUT2D eigenvalue weighted by atomic mass is 35.5. The molecule has 0 saturated heterocycles. The van der Waals surface area contributed by atoms with Gasteiger partial charge < -0.3 is 5.11 Å². The van der Waals surface area contributed by atoms with Crippen LogP contribution in [-0.4, -0.2) is 19.6 Å². The minimum atomic E-state index is -0.0767. The third-order valence-electron chi connectivity index (χ3n) is 2.02. The maximum atomic E-state index is 9.02. The molecule has 0 aliphatic heterocycles. The maximum absolute atomic E-state index is 9.02. The monoisotopic (exact) mass is 243 g/mol. The van der Waals surface area contributed by atoms with Crippen molar-refractivity contribution in [3.63, 3.8) is 0 Å². The van der Waals surface area contributed by atoms with Crippen LogP contribution in [0.2, 0.25) is 5.15 Å². The molecule has 0 spiro atoms. The number of halogens is 1. The van der Waals surface area contributed by atoms with Gasteiger partial charge in [-0.15, -0.1) is 0 Å². The van der Waals surface area contributed by atoms with Crippen LogP contribution in [0, 0.1) is 0 Å². The summed E-state index contributed by atoms with van der Waals surface area (Å²) in [7, 11) is 0. The molecule has 80 valence electrons. The van der Waals surface area contributed by atoms with Gasteiger partial charge in [0.1, 0.15) is 11.0 Å². The predicted molar refractivity (Wildman–Crippen MR) is 59.5 cm³/mol. The SMILES string of the molecule is CCc1nccn1-c1nc(Cl)c(CO)s1. The van der Waals surface area contributed by atoms with Crippen molar-refractivity contribution in [2.24, 2.45) is 0 Å². The Morgan fingerprint density at radius 1 is 1.60 bits per heavy atom. The van der Waals surface area contributed by atoms with Gasteiger partial charge >= 0.3 is 0 Å². The molecule has 2 rings (SSSR count). The van der Waals surface area contributed by atoms with Gasteiger partial charge in [-0.1, -0.05) is 29.9 Å². The van der Waals surface area contributed by atoms with Crippen molar-refractivity contribution in [1.29, 1.82) is 0 Å². The molecule has 0 radical (unpaired) electrons. The smallest absolute Gasteiger partial charge is 0.196 e. The van der Waals surface area contributed by atoms with Crippen LogP contribution >= 0.6 is 22.9 Å². The zero-order valence-electron chi connectivity index (χ0n) is 8.14. The van der Waals surface area contributed by atoms with E-state index in [0.717, 1.165) is 17.4 Å². The van der Waals surface area contributed by atoms with E-state index in [2.05, 4.69) is 9.97 Å². The second-order valence-corrected chi connectivity index (χ2v) is 4.36. The largest absolute Gasteiger partial charge is 0.391 e. The zero-order valence-corrected chi connectivity index (χ0v) is 9.72. The van der Waals surface area contributed by atoms with E-state index in [-0.39, 0.29) is 6.61 Å². The van der Waals surface area contributed by atoms with E-state index in [0.29, 0.717) is 10.0 Å². The molecular weight excluding hydrogens is 234 g/mol. The number of hydrogen-bond donors (Lipinski definition) is 1. The zero-order chi connectivity index (χ0) is 10.8. The normalized spacial score (nSPS) is 10.9. The van der Waals surface area contributed by atoms with Crippen LogP contribution in [0.25, 0.3) is 5.13 Å². The number of nitrogens with zero attached hydrogens (tertiary/aromatic N) is 3. The lowest BCUT2D eigenvalue weighted by molar-refractivity contribution is 0.285. The molecule has 4 nitrogen and oxygen atoms in total. The lowest BCUT2D eigenvalue weighted by atomic mass is 10.5. The summed E-state index contributed by atoms with van der Waals surface area (Å²) < 4.78 is 1.88. The topological polar surface area (TPSA) is 50.9 Å². The first-order valence-electron chi connectivity index (χ1n) is 4.55.